The summed E-state index contributed by atoms with van der Waals surface area (Å²) in [6, 6.07) is 3.58. The molecule has 1 saturated carbocycles. The highest BCUT2D eigenvalue weighted by molar-refractivity contribution is 5.96. The predicted octanol–water partition coefficient (Wildman–Crippen LogP) is 3.73. The molecule has 0 saturated heterocycles. The van der Waals surface area contributed by atoms with Crippen molar-refractivity contribution in [2.24, 2.45) is 0 Å². The van der Waals surface area contributed by atoms with E-state index in [0.29, 0.717) is 5.52 Å². The predicted molar refractivity (Wildman–Crippen MR) is 84.4 cm³/mol. The Kier molecular flexibility index (Phi) is 2.68. The summed E-state index contributed by atoms with van der Waals surface area (Å²) in [6.45, 7) is 5.24. The van der Waals surface area contributed by atoms with Crippen molar-refractivity contribution >= 4 is 22.7 Å². The Morgan fingerprint density at radius 1 is 1.45 bits per heavy atom. The zero-order chi connectivity index (χ0) is 18.4. The second-order valence-corrected chi connectivity index (χ2v) is 6.43. The van der Waals surface area contributed by atoms with Gasteiger partial charge in [0.25, 0.3) is 0 Å². The smallest absolute Gasteiger partial charge is 0.412 e. The molecule has 1 aromatic carbocycles. The number of hydrogen-bond acceptors (Lipinski definition) is 4. The van der Waals surface area contributed by atoms with Crippen molar-refractivity contribution < 1.29 is 18.4 Å². The average Bonchev–Trinajstić information content (AvgIpc) is 3.17. The molecule has 2 aromatic rings. The number of ether oxygens (including phenoxy) is 2. The standard InChI is InChI=1S/C16H21N3O3/c1-16(2,3)22-15(20)18-12-8-5-10-9-17-19(11-6-7-11)13(10)14(12)21-4/h5,8-9,11H,6-7H2,1-4H3,(H,18,20)/i4D3. The van der Waals surface area contributed by atoms with Gasteiger partial charge < -0.3 is 9.47 Å². The maximum absolute atomic E-state index is 12.1. The first-order valence-corrected chi connectivity index (χ1v) is 7.23. The van der Waals surface area contributed by atoms with E-state index in [-0.39, 0.29) is 17.5 Å². The van der Waals surface area contributed by atoms with Gasteiger partial charge in [-0.05, 0) is 45.7 Å². The lowest BCUT2D eigenvalue weighted by molar-refractivity contribution is 0.0635. The molecule has 1 fully saturated rings. The van der Waals surface area contributed by atoms with Crippen molar-refractivity contribution in [1.82, 2.24) is 9.78 Å². The molecule has 0 radical (unpaired) electrons. The van der Waals surface area contributed by atoms with Gasteiger partial charge in [-0.25, -0.2) is 4.79 Å². The second kappa shape index (κ2) is 5.19. The molecule has 1 aliphatic rings. The van der Waals surface area contributed by atoms with Gasteiger partial charge in [-0.2, -0.15) is 5.10 Å². The number of anilines is 1. The molecule has 1 amide bonds. The van der Waals surface area contributed by atoms with E-state index < -0.39 is 18.7 Å². The number of carbonyl (C=O) groups is 1. The highest BCUT2D eigenvalue weighted by atomic mass is 16.6. The molecule has 6 nitrogen and oxygen atoms in total. The van der Waals surface area contributed by atoms with Crippen LogP contribution < -0.4 is 10.1 Å². The SMILES string of the molecule is [2H]C([2H])([2H])Oc1c(NC(=O)OC(C)(C)C)ccc2cnn(C3CC3)c12. The number of methoxy groups -OCH3 is 1. The van der Waals surface area contributed by atoms with Crippen LogP contribution in [0.5, 0.6) is 5.75 Å². The molecule has 22 heavy (non-hydrogen) atoms. The van der Waals surface area contributed by atoms with Crippen LogP contribution in [-0.2, 0) is 4.74 Å². The van der Waals surface area contributed by atoms with Gasteiger partial charge >= 0.3 is 6.09 Å². The van der Waals surface area contributed by atoms with Crippen LogP contribution in [0.3, 0.4) is 0 Å². The zero-order valence-electron chi connectivity index (χ0n) is 15.8. The summed E-state index contributed by atoms with van der Waals surface area (Å²) in [6.07, 6.45) is 2.94. The van der Waals surface area contributed by atoms with Gasteiger partial charge in [0.05, 0.1) is 29.1 Å². The van der Waals surface area contributed by atoms with E-state index in [1.807, 2.05) is 0 Å². The Hall–Kier alpha value is -2.24. The minimum Gasteiger partial charge on any atom is -0.492 e. The lowest BCUT2D eigenvalue weighted by Gasteiger charge is -2.20. The van der Waals surface area contributed by atoms with E-state index in [1.54, 1.807) is 43.8 Å². The third-order valence-electron chi connectivity index (χ3n) is 3.34. The number of rotatable bonds is 3. The third-order valence-corrected chi connectivity index (χ3v) is 3.34. The van der Waals surface area contributed by atoms with E-state index in [4.69, 9.17) is 13.6 Å². The number of fused-ring (bicyclic) bond motifs is 1. The summed E-state index contributed by atoms with van der Waals surface area (Å²) in [5.41, 5.74) is 0.127. The van der Waals surface area contributed by atoms with E-state index >= 15 is 0 Å². The fourth-order valence-corrected chi connectivity index (χ4v) is 2.32. The summed E-state index contributed by atoms with van der Waals surface area (Å²) >= 11 is 0. The largest absolute Gasteiger partial charge is 0.492 e. The van der Waals surface area contributed by atoms with Crippen LogP contribution in [0.4, 0.5) is 10.5 Å². The second-order valence-electron chi connectivity index (χ2n) is 6.43. The first-order valence-electron chi connectivity index (χ1n) is 8.73. The number of nitrogens with zero attached hydrogens (tertiary/aromatic N) is 2. The van der Waals surface area contributed by atoms with Crippen LogP contribution in [0.2, 0.25) is 0 Å². The van der Waals surface area contributed by atoms with Crippen molar-refractivity contribution in [3.63, 3.8) is 0 Å². The zero-order valence-corrected chi connectivity index (χ0v) is 12.8. The lowest BCUT2D eigenvalue weighted by Crippen LogP contribution is -2.27. The molecule has 1 heterocycles. The fraction of sp³-hybridized carbons (Fsp3) is 0.500. The minimum absolute atomic E-state index is 0.0766. The summed E-state index contributed by atoms with van der Waals surface area (Å²) in [5.74, 6) is 0.0766. The van der Waals surface area contributed by atoms with Crippen molar-refractivity contribution in [3.05, 3.63) is 18.3 Å². The minimum atomic E-state index is -2.66. The first-order chi connectivity index (χ1) is 11.5. The molecule has 6 heteroatoms. The summed E-state index contributed by atoms with van der Waals surface area (Å²) in [7, 11) is -2.66. The van der Waals surface area contributed by atoms with E-state index in [9.17, 15) is 4.79 Å². The van der Waals surface area contributed by atoms with Gasteiger partial charge in [0.1, 0.15) is 11.1 Å². The number of carbonyl (C=O) groups excluding carboxylic acids is 1. The molecule has 3 rings (SSSR count). The molecule has 0 spiro atoms. The molecule has 118 valence electrons. The van der Waals surface area contributed by atoms with Crippen LogP contribution in [0, 0.1) is 0 Å². The van der Waals surface area contributed by atoms with Gasteiger partial charge in [-0.15, -0.1) is 0 Å². The third kappa shape index (κ3) is 2.86. The summed E-state index contributed by atoms with van der Waals surface area (Å²) < 4.78 is 34.6. The van der Waals surface area contributed by atoms with E-state index in [2.05, 4.69) is 10.4 Å². The summed E-state index contributed by atoms with van der Waals surface area (Å²) in [5, 5.41) is 7.67. The van der Waals surface area contributed by atoms with Gasteiger partial charge in [0.2, 0.25) is 0 Å². The topological polar surface area (TPSA) is 65.4 Å². The van der Waals surface area contributed by atoms with Crippen molar-refractivity contribution in [3.8, 4) is 5.75 Å². The van der Waals surface area contributed by atoms with Crippen molar-refractivity contribution in [1.29, 1.82) is 0 Å². The van der Waals surface area contributed by atoms with Crippen LogP contribution in [0.15, 0.2) is 18.3 Å². The maximum atomic E-state index is 12.1. The van der Waals surface area contributed by atoms with Crippen LogP contribution in [0.25, 0.3) is 10.9 Å². The summed E-state index contributed by atoms with van der Waals surface area (Å²) in [4.78, 5) is 12.1. The van der Waals surface area contributed by atoms with Crippen LogP contribution in [0.1, 0.15) is 43.8 Å². The van der Waals surface area contributed by atoms with Crippen LogP contribution in [-0.4, -0.2) is 28.5 Å². The Balaban J connectivity index is 2.03. The number of hydrogen-bond donors (Lipinski definition) is 1. The molecular weight excluding hydrogens is 282 g/mol. The molecule has 1 aliphatic carbocycles. The number of nitrogens with one attached hydrogen (secondary N) is 1. The monoisotopic (exact) mass is 306 g/mol. The van der Waals surface area contributed by atoms with Gasteiger partial charge in [-0.3, -0.25) is 10.00 Å². The molecular formula is C16H21N3O3. The Morgan fingerprint density at radius 2 is 2.23 bits per heavy atom. The molecule has 0 bridgehead atoms. The molecule has 0 aliphatic heterocycles. The first kappa shape index (κ1) is 11.3. The number of aromatic nitrogens is 2. The van der Waals surface area contributed by atoms with Gasteiger partial charge in [0.15, 0.2) is 5.75 Å². The van der Waals surface area contributed by atoms with E-state index in [1.165, 1.54) is 0 Å². The molecule has 0 atom stereocenters. The molecule has 0 unspecified atom stereocenters. The fourth-order valence-electron chi connectivity index (χ4n) is 2.32. The van der Waals surface area contributed by atoms with Crippen molar-refractivity contribution in [2.75, 3.05) is 12.4 Å². The Labute approximate surface area is 133 Å². The quantitative estimate of drug-likeness (QED) is 0.938. The van der Waals surface area contributed by atoms with Crippen LogP contribution >= 0.6 is 0 Å². The normalized spacial score (nSPS) is 17.5. The van der Waals surface area contributed by atoms with Gasteiger partial charge in [0, 0.05) is 5.39 Å². The molecule has 1 N–H and O–H groups in total. The lowest BCUT2D eigenvalue weighted by atomic mass is 10.2. The van der Waals surface area contributed by atoms with Crippen molar-refractivity contribution in [2.45, 2.75) is 45.3 Å². The Morgan fingerprint density at radius 3 is 2.86 bits per heavy atom. The molecule has 1 aromatic heterocycles. The Bertz CT molecular complexity index is 805. The highest BCUT2D eigenvalue weighted by Crippen LogP contribution is 2.41. The number of benzene rings is 1. The van der Waals surface area contributed by atoms with Gasteiger partial charge in [-0.1, -0.05) is 0 Å². The highest BCUT2D eigenvalue weighted by Gasteiger charge is 2.28. The maximum Gasteiger partial charge on any atom is 0.412 e. The average molecular weight is 306 g/mol. The number of amides is 1. The van der Waals surface area contributed by atoms with E-state index in [0.717, 1.165) is 18.2 Å².